The normalized spacial score (nSPS) is 26.7. The second-order valence-electron chi connectivity index (χ2n) is 7.26. The number of guanidine groups is 1. The molecule has 27 heavy (non-hydrogen) atoms. The van der Waals surface area contributed by atoms with Crippen molar-refractivity contribution in [1.82, 2.24) is 4.90 Å². The number of carbonyl (C=O) groups excluding carboxylic acids is 1. The maximum atomic E-state index is 12.6. The molecule has 0 aliphatic carbocycles. The second-order valence-corrected chi connectivity index (χ2v) is 8.24. The summed E-state index contributed by atoms with van der Waals surface area (Å²) in [4.78, 5) is 23.8. The molecule has 0 N–H and O–H groups in total. The maximum absolute atomic E-state index is 12.6. The number of likely N-dealkylation sites (tertiary alicyclic amines) is 1. The van der Waals surface area contributed by atoms with Crippen molar-refractivity contribution in [3.8, 4) is 0 Å². The van der Waals surface area contributed by atoms with Crippen LogP contribution in [-0.4, -0.2) is 59.8 Å². The van der Waals surface area contributed by atoms with Crippen LogP contribution >= 0.6 is 11.8 Å². The van der Waals surface area contributed by atoms with Gasteiger partial charge in [0.2, 0.25) is 5.96 Å². The number of aliphatic imine (C=N–C) groups is 2. The van der Waals surface area contributed by atoms with E-state index in [2.05, 4.69) is 35.0 Å². The van der Waals surface area contributed by atoms with Crippen LogP contribution in [0.1, 0.15) is 24.0 Å². The number of aryl methyl sites for hydroxylation is 1. The van der Waals surface area contributed by atoms with Crippen LogP contribution < -0.4 is 0 Å². The molecule has 1 atom stereocenters. The van der Waals surface area contributed by atoms with E-state index in [0.29, 0.717) is 19.2 Å². The predicted octanol–water partition coefficient (Wildman–Crippen LogP) is 2.63. The van der Waals surface area contributed by atoms with Crippen molar-refractivity contribution in [2.75, 3.05) is 26.3 Å². The van der Waals surface area contributed by atoms with Crippen molar-refractivity contribution in [3.05, 3.63) is 40.8 Å². The van der Waals surface area contributed by atoms with Crippen LogP contribution in [0.4, 0.5) is 0 Å². The van der Waals surface area contributed by atoms with Gasteiger partial charge in [-0.25, -0.2) is 4.99 Å². The summed E-state index contributed by atoms with van der Waals surface area (Å²) in [6, 6.07) is 8.31. The van der Waals surface area contributed by atoms with E-state index in [1.165, 1.54) is 17.3 Å². The third-order valence-electron chi connectivity index (χ3n) is 5.45. The van der Waals surface area contributed by atoms with Gasteiger partial charge in [0.25, 0.3) is 5.91 Å². The fourth-order valence-corrected chi connectivity index (χ4v) is 5.00. The topological polar surface area (TPSA) is 63.5 Å². The number of allylic oxidation sites excluding steroid dienone is 1. The fraction of sp³-hybridized carbons (Fsp3) is 0.450. The smallest absolute Gasteiger partial charge is 0.268 e. The van der Waals surface area contributed by atoms with E-state index < -0.39 is 5.79 Å². The van der Waals surface area contributed by atoms with E-state index in [-0.39, 0.29) is 11.2 Å². The SMILES string of the molecule is Cc1cccc(C2=CSC3C(=O)N=C(N4CCC5(CC4)OCCO5)N=C23)c1. The van der Waals surface area contributed by atoms with Gasteiger partial charge in [-0.1, -0.05) is 29.8 Å². The zero-order valence-corrected chi connectivity index (χ0v) is 16.0. The highest BCUT2D eigenvalue weighted by Crippen LogP contribution is 2.38. The number of hydrogen-bond acceptors (Lipinski definition) is 6. The van der Waals surface area contributed by atoms with E-state index in [0.717, 1.165) is 42.8 Å². The van der Waals surface area contributed by atoms with E-state index in [1.807, 2.05) is 11.5 Å². The highest BCUT2D eigenvalue weighted by Gasteiger charge is 2.42. The Balaban J connectivity index is 1.40. The molecule has 1 amide bonds. The van der Waals surface area contributed by atoms with Gasteiger partial charge in [0, 0.05) is 31.5 Å². The van der Waals surface area contributed by atoms with Gasteiger partial charge in [0.1, 0.15) is 5.25 Å². The van der Waals surface area contributed by atoms with Gasteiger partial charge >= 0.3 is 0 Å². The number of hydrogen-bond donors (Lipinski definition) is 0. The third-order valence-corrected chi connectivity index (χ3v) is 6.52. The Morgan fingerprint density at radius 1 is 1.19 bits per heavy atom. The molecule has 7 heteroatoms. The number of ether oxygens (including phenoxy) is 2. The number of piperidine rings is 1. The molecular weight excluding hydrogens is 362 g/mol. The molecular formula is C20H21N3O3S. The molecule has 2 fully saturated rings. The highest BCUT2D eigenvalue weighted by molar-refractivity contribution is 8.05. The van der Waals surface area contributed by atoms with Crippen molar-refractivity contribution < 1.29 is 14.3 Å². The van der Waals surface area contributed by atoms with Gasteiger partial charge in [0.15, 0.2) is 5.79 Å². The van der Waals surface area contributed by atoms with Gasteiger partial charge in [0.05, 0.1) is 18.9 Å². The average Bonchev–Trinajstić information content (AvgIpc) is 3.30. The Hall–Kier alpha value is -1.96. The molecule has 1 unspecified atom stereocenters. The highest BCUT2D eigenvalue weighted by atomic mass is 32.2. The van der Waals surface area contributed by atoms with E-state index in [4.69, 9.17) is 14.5 Å². The summed E-state index contributed by atoms with van der Waals surface area (Å²) in [7, 11) is 0. The number of benzene rings is 1. The number of amides is 1. The molecule has 5 rings (SSSR count). The quantitative estimate of drug-likeness (QED) is 0.746. The average molecular weight is 383 g/mol. The number of nitrogens with zero attached hydrogens (tertiary/aromatic N) is 3. The van der Waals surface area contributed by atoms with Crippen LogP contribution in [-0.2, 0) is 14.3 Å². The number of carbonyl (C=O) groups is 1. The van der Waals surface area contributed by atoms with Gasteiger partial charge in [-0.2, -0.15) is 4.99 Å². The first kappa shape index (κ1) is 17.2. The van der Waals surface area contributed by atoms with E-state index in [9.17, 15) is 4.79 Å². The summed E-state index contributed by atoms with van der Waals surface area (Å²) < 4.78 is 11.6. The Morgan fingerprint density at radius 2 is 1.96 bits per heavy atom. The first-order valence-corrected chi connectivity index (χ1v) is 10.2. The van der Waals surface area contributed by atoms with Crippen molar-refractivity contribution in [1.29, 1.82) is 0 Å². The number of fused-ring (bicyclic) bond motifs is 1. The Labute approximate surface area is 162 Å². The first-order valence-electron chi connectivity index (χ1n) is 9.31. The molecule has 6 nitrogen and oxygen atoms in total. The maximum Gasteiger partial charge on any atom is 0.268 e. The summed E-state index contributed by atoms with van der Waals surface area (Å²) in [6.45, 7) is 4.84. The summed E-state index contributed by atoms with van der Waals surface area (Å²) >= 11 is 1.50. The van der Waals surface area contributed by atoms with Gasteiger partial charge in [-0.3, -0.25) is 4.79 Å². The number of rotatable bonds is 1. The Morgan fingerprint density at radius 3 is 2.70 bits per heavy atom. The molecule has 1 spiro atoms. The largest absolute Gasteiger partial charge is 0.347 e. The van der Waals surface area contributed by atoms with Crippen LogP contribution in [0, 0.1) is 6.92 Å². The molecule has 0 radical (unpaired) electrons. The Kier molecular flexibility index (Phi) is 4.18. The van der Waals surface area contributed by atoms with E-state index >= 15 is 0 Å². The lowest BCUT2D eigenvalue weighted by atomic mass is 9.98. The summed E-state index contributed by atoms with van der Waals surface area (Å²) in [5.74, 6) is -0.0333. The molecule has 4 heterocycles. The minimum absolute atomic E-state index is 0.118. The fourth-order valence-electron chi connectivity index (χ4n) is 3.99. The van der Waals surface area contributed by atoms with Crippen molar-refractivity contribution in [2.24, 2.45) is 9.98 Å². The standard InChI is InChI=1S/C20H21N3O3S/c1-13-3-2-4-14(11-13)15-12-27-17-16(15)21-19(22-18(17)24)23-7-5-20(6-8-23)25-9-10-26-20/h2-4,11-12,17H,5-10H2,1H3. The molecule has 140 valence electrons. The molecule has 4 aliphatic heterocycles. The van der Waals surface area contributed by atoms with Crippen LogP contribution in [0.15, 0.2) is 39.7 Å². The lowest BCUT2D eigenvalue weighted by Crippen LogP contribution is -2.48. The van der Waals surface area contributed by atoms with Crippen molar-refractivity contribution in [3.63, 3.8) is 0 Å². The zero-order valence-electron chi connectivity index (χ0n) is 15.2. The molecule has 4 aliphatic rings. The third kappa shape index (κ3) is 3.03. The van der Waals surface area contributed by atoms with Crippen LogP contribution in [0.25, 0.3) is 5.57 Å². The van der Waals surface area contributed by atoms with Crippen LogP contribution in [0.3, 0.4) is 0 Å². The monoisotopic (exact) mass is 383 g/mol. The second kappa shape index (κ2) is 6.58. The van der Waals surface area contributed by atoms with E-state index in [1.54, 1.807) is 0 Å². The summed E-state index contributed by atoms with van der Waals surface area (Å²) in [5, 5.41) is 1.72. The van der Waals surface area contributed by atoms with Crippen LogP contribution in [0.2, 0.25) is 0 Å². The Bertz CT molecular complexity index is 876. The molecule has 0 bridgehead atoms. The first-order chi connectivity index (χ1) is 13.1. The lowest BCUT2D eigenvalue weighted by Gasteiger charge is -2.38. The van der Waals surface area contributed by atoms with Crippen molar-refractivity contribution in [2.45, 2.75) is 30.8 Å². The summed E-state index contributed by atoms with van der Waals surface area (Å²) in [6.07, 6.45) is 1.54. The lowest BCUT2D eigenvalue weighted by molar-refractivity contribution is -0.180. The van der Waals surface area contributed by atoms with Crippen LogP contribution in [0.5, 0.6) is 0 Å². The van der Waals surface area contributed by atoms with Gasteiger partial charge in [-0.15, -0.1) is 11.8 Å². The molecule has 0 saturated carbocycles. The molecule has 0 aromatic heterocycles. The zero-order chi connectivity index (χ0) is 18.4. The molecule has 1 aromatic carbocycles. The minimum atomic E-state index is -0.443. The molecule has 1 aromatic rings. The van der Waals surface area contributed by atoms with Gasteiger partial charge < -0.3 is 14.4 Å². The minimum Gasteiger partial charge on any atom is -0.347 e. The van der Waals surface area contributed by atoms with Crippen molar-refractivity contribution >= 4 is 34.9 Å². The summed E-state index contributed by atoms with van der Waals surface area (Å²) in [5.41, 5.74) is 4.15. The predicted molar refractivity (Wildman–Crippen MR) is 106 cm³/mol. The number of thioether (sulfide) groups is 1. The van der Waals surface area contributed by atoms with Gasteiger partial charge in [-0.05, 0) is 17.9 Å². The molecule has 2 saturated heterocycles.